The second-order valence-electron chi connectivity index (χ2n) is 4.37. The lowest BCUT2D eigenvalue weighted by molar-refractivity contribution is -0.131. The third-order valence-corrected chi connectivity index (χ3v) is 2.72. The molecule has 0 bridgehead atoms. The zero-order valence-electron chi connectivity index (χ0n) is 11.4. The minimum absolute atomic E-state index is 0.311. The molecule has 1 aromatic rings. The van der Waals surface area contributed by atoms with Crippen LogP contribution < -0.4 is 4.90 Å². The summed E-state index contributed by atoms with van der Waals surface area (Å²) in [4.78, 5) is 12.4. The Morgan fingerprint density at radius 1 is 1.32 bits per heavy atom. The van der Waals surface area contributed by atoms with E-state index in [0.717, 1.165) is 32.0 Å². The average Bonchev–Trinajstić information content (AvgIpc) is 2.36. The van der Waals surface area contributed by atoms with Gasteiger partial charge in [0.2, 0.25) is 0 Å². The van der Waals surface area contributed by atoms with Crippen LogP contribution in [0, 0.1) is 5.82 Å². The fourth-order valence-electron chi connectivity index (χ4n) is 1.94. The highest BCUT2D eigenvalue weighted by atomic mass is 19.1. The number of anilines is 1. The summed E-state index contributed by atoms with van der Waals surface area (Å²) < 4.78 is 14.0. The highest BCUT2D eigenvalue weighted by Gasteiger charge is 2.10. The number of aliphatic carboxylic acids is 1. The molecular weight excluding hydrogens is 245 g/mol. The van der Waals surface area contributed by atoms with Gasteiger partial charge in [-0.1, -0.05) is 19.9 Å². The van der Waals surface area contributed by atoms with Crippen molar-refractivity contribution in [1.29, 1.82) is 0 Å². The Morgan fingerprint density at radius 2 is 1.95 bits per heavy atom. The molecule has 4 heteroatoms. The first-order valence-corrected chi connectivity index (χ1v) is 6.54. The van der Waals surface area contributed by atoms with Gasteiger partial charge in [-0.15, -0.1) is 0 Å². The molecule has 3 nitrogen and oxygen atoms in total. The number of carboxylic acids is 1. The number of nitrogens with zero attached hydrogens (tertiary/aromatic N) is 1. The lowest BCUT2D eigenvalue weighted by atomic mass is 10.1. The van der Waals surface area contributed by atoms with E-state index in [9.17, 15) is 9.18 Å². The van der Waals surface area contributed by atoms with Crippen molar-refractivity contribution in [2.24, 2.45) is 0 Å². The molecule has 0 saturated carbocycles. The maximum absolute atomic E-state index is 14.0. The summed E-state index contributed by atoms with van der Waals surface area (Å²) in [5.74, 6) is -1.35. The van der Waals surface area contributed by atoms with Crippen molar-refractivity contribution in [3.05, 3.63) is 35.7 Å². The van der Waals surface area contributed by atoms with Gasteiger partial charge in [0.1, 0.15) is 5.82 Å². The molecule has 0 aliphatic carbocycles. The highest BCUT2D eigenvalue weighted by molar-refractivity contribution is 5.85. The van der Waals surface area contributed by atoms with Crippen molar-refractivity contribution >= 4 is 17.7 Å². The molecule has 0 fully saturated rings. The minimum Gasteiger partial charge on any atom is -0.478 e. The smallest absolute Gasteiger partial charge is 0.328 e. The van der Waals surface area contributed by atoms with Gasteiger partial charge in [0.05, 0.1) is 5.69 Å². The van der Waals surface area contributed by atoms with Crippen LogP contribution >= 0.6 is 0 Å². The summed E-state index contributed by atoms with van der Waals surface area (Å²) in [5.41, 5.74) is 1.13. The normalized spacial score (nSPS) is 10.9. The van der Waals surface area contributed by atoms with Gasteiger partial charge in [-0.25, -0.2) is 9.18 Å². The number of hydrogen-bond acceptors (Lipinski definition) is 2. The summed E-state index contributed by atoms with van der Waals surface area (Å²) in [6.45, 7) is 5.75. The van der Waals surface area contributed by atoms with E-state index in [2.05, 4.69) is 13.8 Å². The van der Waals surface area contributed by atoms with E-state index in [1.807, 2.05) is 4.90 Å². The van der Waals surface area contributed by atoms with E-state index >= 15 is 0 Å². The molecule has 0 spiro atoms. The molecule has 1 aromatic carbocycles. The van der Waals surface area contributed by atoms with Gasteiger partial charge >= 0.3 is 5.97 Å². The number of hydrogen-bond donors (Lipinski definition) is 1. The third kappa shape index (κ3) is 4.73. The summed E-state index contributed by atoms with van der Waals surface area (Å²) >= 11 is 0. The SMILES string of the molecule is CCCN(CCC)c1ccc(/C=C/C(=O)O)cc1F. The molecular formula is C15H20FNO2. The second kappa shape index (κ2) is 7.56. The molecule has 104 valence electrons. The zero-order chi connectivity index (χ0) is 14.3. The molecule has 0 aliphatic heterocycles. The molecule has 0 amide bonds. The fourth-order valence-corrected chi connectivity index (χ4v) is 1.94. The Labute approximate surface area is 113 Å². The number of carboxylic acid groups (broad SMARTS) is 1. The third-order valence-electron chi connectivity index (χ3n) is 2.72. The molecule has 19 heavy (non-hydrogen) atoms. The summed E-state index contributed by atoms with van der Waals surface area (Å²) in [6.07, 6.45) is 4.31. The van der Waals surface area contributed by atoms with Gasteiger partial charge in [-0.2, -0.15) is 0 Å². The highest BCUT2D eigenvalue weighted by Crippen LogP contribution is 2.21. The monoisotopic (exact) mass is 265 g/mol. The van der Waals surface area contributed by atoms with Gasteiger partial charge in [0, 0.05) is 19.2 Å². The molecule has 0 unspecified atom stereocenters. The Bertz CT molecular complexity index is 451. The maximum Gasteiger partial charge on any atom is 0.328 e. The number of halogens is 1. The van der Waals surface area contributed by atoms with E-state index in [-0.39, 0.29) is 5.82 Å². The van der Waals surface area contributed by atoms with E-state index in [1.165, 1.54) is 12.1 Å². The molecule has 0 radical (unpaired) electrons. The topological polar surface area (TPSA) is 40.5 Å². The first kappa shape index (κ1) is 15.2. The number of carbonyl (C=O) groups is 1. The van der Waals surface area contributed by atoms with Crippen molar-refractivity contribution in [3.63, 3.8) is 0 Å². The lowest BCUT2D eigenvalue weighted by Gasteiger charge is -2.24. The molecule has 0 heterocycles. The molecule has 0 aliphatic rings. The Morgan fingerprint density at radius 3 is 2.42 bits per heavy atom. The van der Waals surface area contributed by atoms with Crippen LogP contribution in [0.2, 0.25) is 0 Å². The fraction of sp³-hybridized carbons (Fsp3) is 0.400. The van der Waals surface area contributed by atoms with Gasteiger partial charge in [-0.05, 0) is 36.6 Å². The number of benzene rings is 1. The van der Waals surface area contributed by atoms with Crippen LogP contribution in [0.4, 0.5) is 10.1 Å². The van der Waals surface area contributed by atoms with Gasteiger partial charge in [0.15, 0.2) is 0 Å². The van der Waals surface area contributed by atoms with Crippen molar-refractivity contribution < 1.29 is 14.3 Å². The van der Waals surface area contributed by atoms with E-state index in [1.54, 1.807) is 12.1 Å². The molecule has 1 N–H and O–H groups in total. The largest absolute Gasteiger partial charge is 0.478 e. The van der Waals surface area contributed by atoms with Crippen molar-refractivity contribution in [1.82, 2.24) is 0 Å². The predicted molar refractivity (Wildman–Crippen MR) is 75.9 cm³/mol. The Balaban J connectivity index is 2.94. The van der Waals surface area contributed by atoms with Crippen LogP contribution in [0.15, 0.2) is 24.3 Å². The van der Waals surface area contributed by atoms with Gasteiger partial charge in [-0.3, -0.25) is 0 Å². The quantitative estimate of drug-likeness (QED) is 0.766. The van der Waals surface area contributed by atoms with Crippen molar-refractivity contribution in [2.75, 3.05) is 18.0 Å². The van der Waals surface area contributed by atoms with E-state index in [0.29, 0.717) is 11.3 Å². The van der Waals surface area contributed by atoms with Crippen LogP contribution in [0.5, 0.6) is 0 Å². The predicted octanol–water partition coefficient (Wildman–Crippen LogP) is 3.55. The van der Waals surface area contributed by atoms with Crippen molar-refractivity contribution in [2.45, 2.75) is 26.7 Å². The van der Waals surface area contributed by atoms with Gasteiger partial charge < -0.3 is 10.0 Å². The molecule has 0 saturated heterocycles. The van der Waals surface area contributed by atoms with Crippen LogP contribution in [-0.2, 0) is 4.79 Å². The maximum atomic E-state index is 14.0. The second-order valence-corrected chi connectivity index (χ2v) is 4.37. The van der Waals surface area contributed by atoms with Gasteiger partial charge in [0.25, 0.3) is 0 Å². The van der Waals surface area contributed by atoms with Crippen molar-refractivity contribution in [3.8, 4) is 0 Å². The van der Waals surface area contributed by atoms with E-state index < -0.39 is 5.97 Å². The molecule has 1 rings (SSSR count). The zero-order valence-corrected chi connectivity index (χ0v) is 11.4. The molecule has 0 atom stereocenters. The molecule has 0 aromatic heterocycles. The minimum atomic E-state index is -1.04. The first-order chi connectivity index (χ1) is 9.08. The van der Waals surface area contributed by atoms with E-state index in [4.69, 9.17) is 5.11 Å². The lowest BCUT2D eigenvalue weighted by Crippen LogP contribution is -2.25. The summed E-state index contributed by atoms with van der Waals surface area (Å²) in [5, 5.41) is 8.54. The van der Waals surface area contributed by atoms with Crippen LogP contribution in [0.3, 0.4) is 0 Å². The van der Waals surface area contributed by atoms with Crippen LogP contribution in [0.25, 0.3) is 6.08 Å². The summed E-state index contributed by atoms with van der Waals surface area (Å²) in [7, 11) is 0. The number of rotatable bonds is 7. The van der Waals surface area contributed by atoms with Crippen LogP contribution in [0.1, 0.15) is 32.3 Å². The standard InChI is InChI=1S/C15H20FNO2/c1-3-9-17(10-4-2)14-7-5-12(11-13(14)16)6-8-15(18)19/h5-8,11H,3-4,9-10H2,1-2H3,(H,18,19)/b8-6+. The first-order valence-electron chi connectivity index (χ1n) is 6.54. The Hall–Kier alpha value is -1.84. The average molecular weight is 265 g/mol. The Kier molecular flexibility index (Phi) is 6.06. The van der Waals surface area contributed by atoms with Crippen LogP contribution in [-0.4, -0.2) is 24.2 Å². The summed E-state index contributed by atoms with van der Waals surface area (Å²) in [6, 6.07) is 4.81.